The molecule has 0 aliphatic carbocycles. The van der Waals surface area contributed by atoms with Gasteiger partial charge in [0.05, 0.1) is 35.4 Å². The molecule has 6 heteroatoms. The molecule has 3 N–H and O–H groups in total. The number of urea groups is 1. The summed E-state index contributed by atoms with van der Waals surface area (Å²) in [5, 5.41) is 16.3. The lowest BCUT2D eigenvalue weighted by molar-refractivity contribution is 0.201. The van der Waals surface area contributed by atoms with Crippen LogP contribution in [0.5, 0.6) is 0 Å². The van der Waals surface area contributed by atoms with Crippen LogP contribution in [0.25, 0.3) is 10.9 Å². The van der Waals surface area contributed by atoms with E-state index in [-0.39, 0.29) is 0 Å². The summed E-state index contributed by atoms with van der Waals surface area (Å²) < 4.78 is 0. The van der Waals surface area contributed by atoms with Gasteiger partial charge in [-0.15, -0.1) is 0 Å². The molecule has 0 radical (unpaired) electrons. The zero-order valence-corrected chi connectivity index (χ0v) is 12.5. The second-order valence-electron chi connectivity index (χ2n) is 5.10. The lowest BCUT2D eigenvalue weighted by atomic mass is 10.0. The Labute approximate surface area is 133 Å². The quantitative estimate of drug-likeness (QED) is 0.692. The van der Waals surface area contributed by atoms with E-state index in [4.69, 9.17) is 0 Å². The van der Waals surface area contributed by atoms with E-state index in [1.807, 2.05) is 24.3 Å². The minimum atomic E-state index is -0.739. The maximum absolute atomic E-state index is 12.1. The van der Waals surface area contributed by atoms with Gasteiger partial charge in [-0.3, -0.25) is 9.97 Å². The van der Waals surface area contributed by atoms with E-state index in [9.17, 15) is 9.90 Å². The van der Waals surface area contributed by atoms with E-state index in [0.717, 1.165) is 10.9 Å². The minimum absolute atomic E-state index is 0.419. The van der Waals surface area contributed by atoms with Gasteiger partial charge in [-0.1, -0.05) is 18.2 Å². The van der Waals surface area contributed by atoms with Crippen molar-refractivity contribution in [3.8, 4) is 0 Å². The standard InChI is InChI=1S/C17H16N4O2/c1-11(22)16-13-6-2-3-7-14(13)19-10-15(16)21-17(23)20-12-5-4-8-18-9-12/h2-11,22H,1H3,(H2,20,21,23). The number of benzene rings is 1. The number of anilines is 2. The number of aliphatic hydroxyl groups excluding tert-OH is 1. The number of hydrogen-bond donors (Lipinski definition) is 3. The third kappa shape index (κ3) is 3.27. The second-order valence-corrected chi connectivity index (χ2v) is 5.10. The van der Waals surface area contributed by atoms with Gasteiger partial charge in [0.2, 0.25) is 0 Å². The van der Waals surface area contributed by atoms with Gasteiger partial charge in [-0.2, -0.15) is 0 Å². The van der Waals surface area contributed by atoms with E-state index >= 15 is 0 Å². The van der Waals surface area contributed by atoms with E-state index in [0.29, 0.717) is 16.9 Å². The number of carbonyl (C=O) groups excluding carboxylic acids is 1. The zero-order chi connectivity index (χ0) is 16.2. The predicted octanol–water partition coefficient (Wildman–Crippen LogP) is 3.33. The molecule has 0 spiro atoms. The van der Waals surface area contributed by atoms with Crippen LogP contribution < -0.4 is 10.6 Å². The van der Waals surface area contributed by atoms with Crippen LogP contribution in [0.3, 0.4) is 0 Å². The molecule has 2 aromatic heterocycles. The molecule has 6 nitrogen and oxygen atoms in total. The van der Waals surface area contributed by atoms with Crippen LogP contribution in [0, 0.1) is 0 Å². The van der Waals surface area contributed by atoms with Crippen LogP contribution in [-0.2, 0) is 0 Å². The van der Waals surface area contributed by atoms with Crippen molar-refractivity contribution in [3.05, 3.63) is 60.6 Å². The molecule has 0 bridgehead atoms. The fourth-order valence-corrected chi connectivity index (χ4v) is 2.43. The highest BCUT2D eigenvalue weighted by molar-refractivity contribution is 6.01. The number of hydrogen-bond acceptors (Lipinski definition) is 4. The van der Waals surface area contributed by atoms with Crippen molar-refractivity contribution in [1.82, 2.24) is 9.97 Å². The summed E-state index contributed by atoms with van der Waals surface area (Å²) in [7, 11) is 0. The fraction of sp³-hybridized carbons (Fsp3) is 0.118. The molecular formula is C17H16N4O2. The number of pyridine rings is 2. The Kier molecular flexibility index (Phi) is 4.16. The maximum Gasteiger partial charge on any atom is 0.323 e. The van der Waals surface area contributed by atoms with Crippen LogP contribution >= 0.6 is 0 Å². The van der Waals surface area contributed by atoms with E-state index in [2.05, 4.69) is 20.6 Å². The molecule has 0 fully saturated rings. The second kappa shape index (κ2) is 6.41. The first-order chi connectivity index (χ1) is 11.1. The van der Waals surface area contributed by atoms with Gasteiger partial charge in [0.1, 0.15) is 0 Å². The average molecular weight is 308 g/mol. The number of aliphatic hydroxyl groups is 1. The summed E-state index contributed by atoms with van der Waals surface area (Å²) in [5.41, 5.74) is 2.45. The Morgan fingerprint density at radius 2 is 1.96 bits per heavy atom. The van der Waals surface area contributed by atoms with Gasteiger partial charge in [0.25, 0.3) is 0 Å². The molecule has 0 saturated carbocycles. The summed E-state index contributed by atoms with van der Waals surface area (Å²) >= 11 is 0. The van der Waals surface area contributed by atoms with Gasteiger partial charge in [-0.05, 0) is 25.1 Å². The molecule has 116 valence electrons. The van der Waals surface area contributed by atoms with Crippen LogP contribution in [0.2, 0.25) is 0 Å². The highest BCUT2D eigenvalue weighted by Crippen LogP contribution is 2.29. The molecule has 3 rings (SSSR count). The first kappa shape index (κ1) is 14.9. The van der Waals surface area contributed by atoms with Crippen molar-refractivity contribution < 1.29 is 9.90 Å². The van der Waals surface area contributed by atoms with Crippen molar-refractivity contribution in [3.63, 3.8) is 0 Å². The molecule has 1 aromatic carbocycles. The SMILES string of the molecule is CC(O)c1c(NC(=O)Nc2cccnc2)cnc2ccccc12. The Morgan fingerprint density at radius 3 is 2.70 bits per heavy atom. The van der Waals surface area contributed by atoms with Crippen LogP contribution in [-0.4, -0.2) is 21.1 Å². The minimum Gasteiger partial charge on any atom is -0.389 e. The first-order valence-corrected chi connectivity index (χ1v) is 7.19. The Hall–Kier alpha value is -2.99. The molecule has 0 saturated heterocycles. The lowest BCUT2D eigenvalue weighted by Gasteiger charge is -2.16. The van der Waals surface area contributed by atoms with Crippen molar-refractivity contribution in [2.75, 3.05) is 10.6 Å². The van der Waals surface area contributed by atoms with Crippen molar-refractivity contribution >= 4 is 28.3 Å². The summed E-state index contributed by atoms with van der Waals surface area (Å²) in [6, 6.07) is 10.5. The third-order valence-electron chi connectivity index (χ3n) is 3.40. The highest BCUT2D eigenvalue weighted by atomic mass is 16.3. The summed E-state index contributed by atoms with van der Waals surface area (Å²) in [4.78, 5) is 20.4. The third-order valence-corrected chi connectivity index (χ3v) is 3.40. The monoisotopic (exact) mass is 308 g/mol. The zero-order valence-electron chi connectivity index (χ0n) is 12.5. The molecule has 0 aliphatic heterocycles. The summed E-state index contributed by atoms with van der Waals surface area (Å²) in [5.74, 6) is 0. The Morgan fingerprint density at radius 1 is 1.13 bits per heavy atom. The van der Waals surface area contributed by atoms with Gasteiger partial charge < -0.3 is 15.7 Å². The molecule has 2 amide bonds. The number of nitrogens with zero attached hydrogens (tertiary/aromatic N) is 2. The number of rotatable bonds is 3. The number of para-hydroxylation sites is 1. The molecular weight excluding hydrogens is 292 g/mol. The topological polar surface area (TPSA) is 87.1 Å². The van der Waals surface area contributed by atoms with Gasteiger partial charge in [0, 0.05) is 17.1 Å². The van der Waals surface area contributed by atoms with Crippen LogP contribution in [0.4, 0.5) is 16.2 Å². The van der Waals surface area contributed by atoms with Crippen LogP contribution in [0.15, 0.2) is 55.0 Å². The fourth-order valence-electron chi connectivity index (χ4n) is 2.43. The molecule has 1 unspecified atom stereocenters. The maximum atomic E-state index is 12.1. The summed E-state index contributed by atoms with van der Waals surface area (Å²) in [6.07, 6.45) is 3.99. The van der Waals surface area contributed by atoms with E-state index in [1.165, 1.54) is 0 Å². The highest BCUT2D eigenvalue weighted by Gasteiger charge is 2.15. The Bertz CT molecular complexity index is 834. The molecule has 0 aliphatic rings. The van der Waals surface area contributed by atoms with Crippen LogP contribution in [0.1, 0.15) is 18.6 Å². The number of aromatic nitrogens is 2. The number of amides is 2. The lowest BCUT2D eigenvalue weighted by Crippen LogP contribution is -2.21. The van der Waals surface area contributed by atoms with E-state index in [1.54, 1.807) is 37.6 Å². The van der Waals surface area contributed by atoms with Crippen molar-refractivity contribution in [2.24, 2.45) is 0 Å². The van der Waals surface area contributed by atoms with Gasteiger partial charge in [-0.25, -0.2) is 4.79 Å². The van der Waals surface area contributed by atoms with Gasteiger partial charge >= 0.3 is 6.03 Å². The Balaban J connectivity index is 1.90. The first-order valence-electron chi connectivity index (χ1n) is 7.19. The van der Waals surface area contributed by atoms with Gasteiger partial charge in [0.15, 0.2) is 0 Å². The normalized spacial score (nSPS) is 11.9. The number of fused-ring (bicyclic) bond motifs is 1. The smallest absolute Gasteiger partial charge is 0.323 e. The predicted molar refractivity (Wildman–Crippen MR) is 89.3 cm³/mol. The summed E-state index contributed by atoms with van der Waals surface area (Å²) in [6.45, 7) is 1.66. The number of carbonyl (C=O) groups is 1. The molecule has 23 heavy (non-hydrogen) atoms. The van der Waals surface area contributed by atoms with Crippen molar-refractivity contribution in [2.45, 2.75) is 13.0 Å². The number of nitrogens with one attached hydrogen (secondary N) is 2. The molecule has 1 atom stereocenters. The molecule has 2 heterocycles. The largest absolute Gasteiger partial charge is 0.389 e. The molecule has 3 aromatic rings. The van der Waals surface area contributed by atoms with E-state index < -0.39 is 12.1 Å². The van der Waals surface area contributed by atoms with Crippen molar-refractivity contribution in [1.29, 1.82) is 0 Å². The average Bonchev–Trinajstić information content (AvgIpc) is 2.55.